The summed E-state index contributed by atoms with van der Waals surface area (Å²) in [5.41, 5.74) is 17.7. The zero-order valence-electron chi connectivity index (χ0n) is 35.1. The molecule has 0 fully saturated rings. The molecule has 0 radical (unpaired) electrons. The predicted octanol–water partition coefficient (Wildman–Crippen LogP) is 15.4. The van der Waals surface area contributed by atoms with Crippen LogP contribution in [0.4, 0.5) is 0 Å². The van der Waals surface area contributed by atoms with Gasteiger partial charge >= 0.3 is 0 Å². The van der Waals surface area contributed by atoms with Crippen molar-refractivity contribution in [2.75, 3.05) is 0 Å². The Bertz CT molecular complexity index is 3560. The number of allylic oxidation sites excluding steroid dienone is 1. The largest absolute Gasteiger partial charge is 0.309 e. The Balaban J connectivity index is 1.04. The van der Waals surface area contributed by atoms with Gasteiger partial charge in [0, 0.05) is 59.1 Å². The Kier molecular flexibility index (Phi) is 8.26. The molecule has 1 aliphatic carbocycles. The molecule has 296 valence electrons. The van der Waals surface area contributed by atoms with Gasteiger partial charge in [-0.3, -0.25) is 0 Å². The van der Waals surface area contributed by atoms with Crippen LogP contribution >= 0.6 is 11.3 Å². The zero-order chi connectivity index (χ0) is 41.7. The molecule has 2 aliphatic rings. The van der Waals surface area contributed by atoms with Crippen molar-refractivity contribution >= 4 is 70.6 Å². The fourth-order valence-electron chi connectivity index (χ4n) is 10.4. The summed E-state index contributed by atoms with van der Waals surface area (Å²) in [6.07, 6.45) is 0. The molecule has 1 unspecified atom stereocenters. The lowest BCUT2D eigenvalue weighted by Crippen LogP contribution is -2.15. The van der Waals surface area contributed by atoms with Crippen LogP contribution in [0.3, 0.4) is 0 Å². The van der Waals surface area contributed by atoms with E-state index in [9.17, 15) is 0 Å². The maximum Gasteiger partial charge on any atom is 0.160 e. The van der Waals surface area contributed by atoms with Crippen molar-refractivity contribution in [3.63, 3.8) is 0 Å². The molecule has 3 nitrogen and oxygen atoms in total. The molecule has 0 spiro atoms. The third-order valence-corrected chi connectivity index (χ3v) is 14.6. The predicted molar refractivity (Wildman–Crippen MR) is 264 cm³/mol. The van der Waals surface area contributed by atoms with Crippen molar-refractivity contribution < 1.29 is 0 Å². The van der Waals surface area contributed by atoms with Gasteiger partial charge in [-0.1, -0.05) is 166 Å². The normalized spacial score (nSPS) is 15.8. The third-order valence-electron chi connectivity index (χ3n) is 13.5. The average molecular weight is 814 g/mol. The molecule has 12 rings (SSSR count). The minimum absolute atomic E-state index is 0.0338. The van der Waals surface area contributed by atoms with Gasteiger partial charge in [0.25, 0.3) is 0 Å². The summed E-state index contributed by atoms with van der Waals surface area (Å²) in [6, 6.07) is 66.3. The Morgan fingerprint density at radius 1 is 0.516 bits per heavy atom. The average Bonchev–Trinajstić information content (AvgIpc) is 3.91. The van der Waals surface area contributed by atoms with E-state index < -0.39 is 0 Å². The van der Waals surface area contributed by atoms with E-state index in [2.05, 4.69) is 214 Å². The fourth-order valence-corrected chi connectivity index (χ4v) is 11.6. The molecular weight excluding hydrogens is 771 g/mol. The summed E-state index contributed by atoms with van der Waals surface area (Å²) in [5, 5.41) is 5.17. The maximum atomic E-state index is 5.59. The first-order chi connectivity index (χ1) is 30.3. The summed E-state index contributed by atoms with van der Waals surface area (Å²) in [7, 11) is 0. The molecule has 10 aromatic rings. The molecule has 0 N–H and O–H groups in total. The quantitative estimate of drug-likeness (QED) is 0.166. The number of fused-ring (bicyclic) bond motifs is 10. The smallest absolute Gasteiger partial charge is 0.160 e. The van der Waals surface area contributed by atoms with E-state index in [0.717, 1.165) is 33.8 Å². The van der Waals surface area contributed by atoms with Crippen LogP contribution in [0.1, 0.15) is 55.5 Å². The number of amidine groups is 1. The zero-order valence-corrected chi connectivity index (χ0v) is 36.0. The van der Waals surface area contributed by atoms with Crippen molar-refractivity contribution in [1.29, 1.82) is 0 Å². The molecule has 0 saturated carbocycles. The van der Waals surface area contributed by atoms with Gasteiger partial charge in [-0.05, 0) is 87.8 Å². The molecule has 62 heavy (non-hydrogen) atoms. The summed E-state index contributed by atoms with van der Waals surface area (Å²) < 4.78 is 4.98. The fraction of sp³-hybridized carbons (Fsp3) is 0.103. The first-order valence-corrected chi connectivity index (χ1v) is 22.4. The highest BCUT2D eigenvalue weighted by molar-refractivity contribution is 7.26. The van der Waals surface area contributed by atoms with E-state index in [1.54, 1.807) is 0 Å². The highest BCUT2D eigenvalue weighted by atomic mass is 32.1. The lowest BCUT2D eigenvalue weighted by molar-refractivity contribution is 0.666. The van der Waals surface area contributed by atoms with Crippen LogP contribution in [-0.4, -0.2) is 16.1 Å². The first-order valence-electron chi connectivity index (χ1n) is 21.6. The highest BCUT2D eigenvalue weighted by Crippen LogP contribution is 2.53. The second-order valence-corrected chi connectivity index (χ2v) is 18.4. The lowest BCUT2D eigenvalue weighted by atomic mass is 9.80. The van der Waals surface area contributed by atoms with E-state index >= 15 is 0 Å². The summed E-state index contributed by atoms with van der Waals surface area (Å²) in [6.45, 7) is 9.27. The first kappa shape index (κ1) is 36.7. The summed E-state index contributed by atoms with van der Waals surface area (Å²) in [4.78, 5) is 11.1. The molecule has 0 saturated heterocycles. The van der Waals surface area contributed by atoms with Crippen molar-refractivity contribution in [1.82, 2.24) is 4.57 Å². The minimum Gasteiger partial charge on any atom is -0.309 e. The van der Waals surface area contributed by atoms with E-state index in [1.807, 2.05) is 11.3 Å². The van der Waals surface area contributed by atoms with Gasteiger partial charge in [-0.15, -0.1) is 11.3 Å². The van der Waals surface area contributed by atoms with Crippen LogP contribution in [0, 0.1) is 5.92 Å². The molecule has 0 bridgehead atoms. The van der Waals surface area contributed by atoms with Gasteiger partial charge in [-0.25, -0.2) is 9.98 Å². The number of aromatic nitrogens is 1. The minimum atomic E-state index is -0.139. The Labute approximate surface area is 365 Å². The Morgan fingerprint density at radius 2 is 1.23 bits per heavy atom. The van der Waals surface area contributed by atoms with Gasteiger partial charge < -0.3 is 4.57 Å². The molecule has 1 atom stereocenters. The van der Waals surface area contributed by atoms with Gasteiger partial charge in [-0.2, -0.15) is 0 Å². The lowest BCUT2D eigenvalue weighted by Gasteiger charge is -2.22. The number of thiophene rings is 1. The summed E-state index contributed by atoms with van der Waals surface area (Å²) in [5.74, 6) is 0.747. The number of para-hydroxylation sites is 1. The molecule has 4 heteroatoms. The van der Waals surface area contributed by atoms with Crippen molar-refractivity contribution in [2.24, 2.45) is 15.9 Å². The number of benzene rings is 8. The second-order valence-electron chi connectivity index (χ2n) is 17.4. The number of hydrogen-bond donors (Lipinski definition) is 0. The third kappa shape index (κ3) is 5.49. The van der Waals surface area contributed by atoms with E-state index in [0.29, 0.717) is 5.84 Å². The van der Waals surface area contributed by atoms with Gasteiger partial charge in [0.1, 0.15) is 0 Å². The van der Waals surface area contributed by atoms with Crippen molar-refractivity contribution in [2.45, 2.75) is 33.1 Å². The maximum absolute atomic E-state index is 5.59. The molecule has 8 aromatic carbocycles. The van der Waals surface area contributed by atoms with Crippen LogP contribution in [-0.2, 0) is 5.41 Å². The van der Waals surface area contributed by atoms with Crippen LogP contribution in [0.15, 0.2) is 198 Å². The molecule has 1 aliphatic heterocycles. The SMILES string of the molecule is CC1=C(c2ccc3c(c2)sc2cccc(-c4ccccc4)c23)N=C(c2cccc(-n3c4ccccc4c4c5c(ccc43)-c3ccccc3C5(C)C)c2)N=C(c2ccccc2)C1C. The van der Waals surface area contributed by atoms with E-state index in [-0.39, 0.29) is 11.3 Å². The number of rotatable bonds is 5. The Morgan fingerprint density at radius 3 is 2.06 bits per heavy atom. The number of nitrogens with zero attached hydrogens (tertiary/aromatic N) is 3. The standard InChI is InChI=1S/C58H43N3S/c1-35-36(2)56(39-29-30-46-51(34-39)62-50-28-16-25-42(52(46)50)37-17-7-5-8-18-37)60-57(59-55(35)38-19-9-6-10-20-38)40-21-15-22-41(33-40)61-48-27-14-12-24-45(48)53-49(61)32-31-44-43-23-11-13-26-47(43)58(3,4)54(44)53/h5-35H,1-4H3. The van der Waals surface area contributed by atoms with Crippen molar-refractivity contribution in [3.8, 4) is 27.9 Å². The van der Waals surface area contributed by atoms with Crippen LogP contribution in [0.5, 0.6) is 0 Å². The van der Waals surface area contributed by atoms with Crippen LogP contribution in [0.2, 0.25) is 0 Å². The number of aliphatic imine (C=N–C) groups is 2. The van der Waals surface area contributed by atoms with Gasteiger partial charge in [0.2, 0.25) is 0 Å². The highest BCUT2D eigenvalue weighted by Gasteiger charge is 2.38. The number of hydrogen-bond acceptors (Lipinski definition) is 3. The second kappa shape index (κ2) is 14.0. The van der Waals surface area contributed by atoms with Crippen LogP contribution in [0.25, 0.3) is 75.6 Å². The summed E-state index contributed by atoms with van der Waals surface area (Å²) >= 11 is 1.85. The monoisotopic (exact) mass is 813 g/mol. The van der Waals surface area contributed by atoms with Crippen LogP contribution < -0.4 is 0 Å². The van der Waals surface area contributed by atoms with Crippen molar-refractivity contribution in [3.05, 3.63) is 215 Å². The van der Waals surface area contributed by atoms with Gasteiger partial charge in [0.05, 0.1) is 22.4 Å². The molecule has 3 heterocycles. The Hall–Kier alpha value is -7.14. The van der Waals surface area contributed by atoms with E-state index in [4.69, 9.17) is 9.98 Å². The molecule has 2 aromatic heterocycles. The topological polar surface area (TPSA) is 29.6 Å². The molecule has 0 amide bonds. The van der Waals surface area contributed by atoms with E-state index in [1.165, 1.54) is 80.9 Å². The molecular formula is C58H43N3S. The van der Waals surface area contributed by atoms with Gasteiger partial charge in [0.15, 0.2) is 5.84 Å².